The number of furan rings is 1. The van der Waals surface area contributed by atoms with Gasteiger partial charge in [0.1, 0.15) is 11.2 Å². The van der Waals surface area contributed by atoms with Crippen LogP contribution >= 0.6 is 11.3 Å². The molecule has 1 aliphatic carbocycles. The largest absolute Gasteiger partial charge is 0.456 e. The quantitative estimate of drug-likeness (QED) is 0.168. The fraction of sp³-hybridized carbons (Fsp3) is 0.0370. The molecular formula is C54H36N2OS. The number of rotatable bonds is 6. The summed E-state index contributed by atoms with van der Waals surface area (Å²) in [5.41, 5.74) is 13.8. The zero-order valence-corrected chi connectivity index (χ0v) is 32.3. The molecule has 10 aromatic rings. The number of hydrogen-bond donors (Lipinski definition) is 0. The molecule has 0 bridgehead atoms. The van der Waals surface area contributed by atoms with E-state index in [1.807, 2.05) is 23.5 Å². The predicted octanol–water partition coefficient (Wildman–Crippen LogP) is 15.2. The summed E-state index contributed by atoms with van der Waals surface area (Å²) in [4.78, 5) is 4.92. The lowest BCUT2D eigenvalue weighted by molar-refractivity contribution is 0.669. The summed E-state index contributed by atoms with van der Waals surface area (Å²) >= 11 is 1.86. The molecule has 274 valence electrons. The van der Waals surface area contributed by atoms with Gasteiger partial charge in [0.25, 0.3) is 0 Å². The van der Waals surface area contributed by atoms with Crippen molar-refractivity contribution < 1.29 is 4.42 Å². The highest BCUT2D eigenvalue weighted by Crippen LogP contribution is 2.49. The Labute approximate surface area is 340 Å². The Hall–Kier alpha value is -7.14. The van der Waals surface area contributed by atoms with Crippen molar-refractivity contribution in [3.63, 3.8) is 0 Å². The Kier molecular flexibility index (Phi) is 7.54. The minimum atomic E-state index is 0.129. The number of benzene rings is 8. The highest BCUT2D eigenvalue weighted by atomic mass is 32.1. The van der Waals surface area contributed by atoms with Crippen LogP contribution in [0.2, 0.25) is 0 Å². The Morgan fingerprint density at radius 2 is 1.09 bits per heavy atom. The second-order valence-electron chi connectivity index (χ2n) is 15.3. The maximum absolute atomic E-state index is 6.14. The van der Waals surface area contributed by atoms with E-state index in [0.717, 1.165) is 44.6 Å². The molecule has 0 saturated heterocycles. The van der Waals surface area contributed by atoms with Gasteiger partial charge in [0.05, 0.1) is 6.04 Å². The smallest absolute Gasteiger partial charge is 0.135 e. The number of nitrogens with zero attached hydrogens (tertiary/aromatic N) is 2. The van der Waals surface area contributed by atoms with Gasteiger partial charge in [-0.2, -0.15) is 0 Å². The number of para-hydroxylation sites is 3. The van der Waals surface area contributed by atoms with Gasteiger partial charge in [-0.05, 0) is 119 Å². The van der Waals surface area contributed by atoms with Crippen LogP contribution in [0.25, 0.3) is 64.4 Å². The van der Waals surface area contributed by atoms with Gasteiger partial charge in [-0.15, -0.1) is 11.3 Å². The van der Waals surface area contributed by atoms with Crippen LogP contribution < -0.4 is 9.80 Å². The van der Waals surface area contributed by atoms with Crippen molar-refractivity contribution in [2.45, 2.75) is 12.0 Å². The molecule has 1 aliphatic heterocycles. The van der Waals surface area contributed by atoms with Crippen LogP contribution in [0.4, 0.5) is 22.7 Å². The van der Waals surface area contributed by atoms with Crippen molar-refractivity contribution >= 4 is 76.2 Å². The van der Waals surface area contributed by atoms with Gasteiger partial charge in [-0.25, -0.2) is 0 Å². The SMILES string of the molecule is C1=CC2c3ccccc3N(c3ccccc3)C2C=C1N(c1ccc(-c2ccc3oc4ccccc4c3c2)cc1)c1ccc(-c2ccc3sc4ccccc4c3c2)cc1. The third kappa shape index (κ3) is 5.33. The molecule has 0 fully saturated rings. The third-order valence-electron chi connectivity index (χ3n) is 12.0. The lowest BCUT2D eigenvalue weighted by Crippen LogP contribution is -2.31. The van der Waals surface area contributed by atoms with Crippen molar-refractivity contribution in [1.82, 2.24) is 0 Å². The first kappa shape index (κ1) is 33.0. The Balaban J connectivity index is 0.954. The van der Waals surface area contributed by atoms with E-state index in [0.29, 0.717) is 0 Å². The third-order valence-corrected chi connectivity index (χ3v) is 13.2. The number of anilines is 4. The van der Waals surface area contributed by atoms with E-state index in [1.54, 1.807) is 0 Å². The second kappa shape index (κ2) is 13.2. The van der Waals surface area contributed by atoms with Crippen LogP contribution in [0, 0.1) is 0 Å². The molecule has 3 nitrogen and oxygen atoms in total. The molecule has 0 amide bonds. The molecule has 2 unspecified atom stereocenters. The molecular weight excluding hydrogens is 725 g/mol. The summed E-state index contributed by atoms with van der Waals surface area (Å²) in [6.45, 7) is 0. The molecule has 0 N–H and O–H groups in total. The number of hydrogen-bond acceptors (Lipinski definition) is 4. The molecule has 2 atom stereocenters. The van der Waals surface area contributed by atoms with Crippen molar-refractivity contribution in [3.8, 4) is 22.3 Å². The van der Waals surface area contributed by atoms with Crippen LogP contribution in [0.15, 0.2) is 216 Å². The molecule has 0 spiro atoms. The molecule has 12 rings (SSSR count). The second-order valence-corrected chi connectivity index (χ2v) is 16.4. The first-order valence-electron chi connectivity index (χ1n) is 19.9. The van der Waals surface area contributed by atoms with Crippen molar-refractivity contribution in [2.75, 3.05) is 9.80 Å². The Morgan fingerprint density at radius 1 is 0.483 bits per heavy atom. The fourth-order valence-electron chi connectivity index (χ4n) is 9.24. The summed E-state index contributed by atoms with van der Waals surface area (Å²) in [7, 11) is 0. The molecule has 0 radical (unpaired) electrons. The molecule has 2 aromatic heterocycles. The predicted molar refractivity (Wildman–Crippen MR) is 245 cm³/mol. The van der Waals surface area contributed by atoms with E-state index in [4.69, 9.17) is 4.42 Å². The molecule has 8 aromatic carbocycles. The zero-order valence-electron chi connectivity index (χ0n) is 31.5. The Morgan fingerprint density at radius 3 is 1.88 bits per heavy atom. The van der Waals surface area contributed by atoms with Gasteiger partial charge in [0, 0.05) is 65.3 Å². The van der Waals surface area contributed by atoms with Gasteiger partial charge in [-0.1, -0.05) is 115 Å². The van der Waals surface area contributed by atoms with E-state index in [9.17, 15) is 0 Å². The van der Waals surface area contributed by atoms with Gasteiger partial charge < -0.3 is 14.2 Å². The van der Waals surface area contributed by atoms with Gasteiger partial charge in [-0.3, -0.25) is 0 Å². The summed E-state index contributed by atoms with van der Waals surface area (Å²) < 4.78 is 8.79. The van der Waals surface area contributed by atoms with E-state index in [-0.39, 0.29) is 12.0 Å². The molecule has 58 heavy (non-hydrogen) atoms. The topological polar surface area (TPSA) is 19.6 Å². The lowest BCUT2D eigenvalue weighted by atomic mass is 9.90. The minimum absolute atomic E-state index is 0.129. The van der Waals surface area contributed by atoms with Crippen LogP contribution in [-0.2, 0) is 0 Å². The monoisotopic (exact) mass is 760 g/mol. The van der Waals surface area contributed by atoms with Crippen LogP contribution in [0.3, 0.4) is 0 Å². The summed E-state index contributed by atoms with van der Waals surface area (Å²) in [6, 6.07) is 68.3. The number of allylic oxidation sites excluding steroid dienone is 1. The average molecular weight is 761 g/mol. The van der Waals surface area contributed by atoms with Gasteiger partial charge >= 0.3 is 0 Å². The maximum Gasteiger partial charge on any atom is 0.135 e. The zero-order chi connectivity index (χ0) is 38.2. The summed E-state index contributed by atoms with van der Waals surface area (Å²) in [6.07, 6.45) is 7.19. The van der Waals surface area contributed by atoms with Crippen molar-refractivity contribution in [2.24, 2.45) is 0 Å². The molecule has 0 saturated carbocycles. The highest BCUT2D eigenvalue weighted by molar-refractivity contribution is 7.25. The van der Waals surface area contributed by atoms with Crippen molar-refractivity contribution in [1.29, 1.82) is 0 Å². The van der Waals surface area contributed by atoms with Gasteiger partial charge in [0.15, 0.2) is 0 Å². The summed E-state index contributed by atoms with van der Waals surface area (Å²) in [5.74, 6) is 0.254. The average Bonchev–Trinajstić information content (AvgIpc) is 3.96. The summed E-state index contributed by atoms with van der Waals surface area (Å²) in [5, 5.41) is 4.91. The number of thiophene rings is 1. The van der Waals surface area contributed by atoms with Gasteiger partial charge in [0.2, 0.25) is 0 Å². The van der Waals surface area contributed by atoms with Crippen LogP contribution in [0.1, 0.15) is 11.5 Å². The highest BCUT2D eigenvalue weighted by Gasteiger charge is 2.39. The first-order valence-corrected chi connectivity index (χ1v) is 20.7. The molecule has 3 heterocycles. The molecule has 4 heteroatoms. The van der Waals surface area contributed by atoms with E-state index < -0.39 is 0 Å². The fourth-order valence-corrected chi connectivity index (χ4v) is 10.3. The normalized spacial score (nSPS) is 15.9. The Bertz CT molecular complexity index is 3090. The van der Waals surface area contributed by atoms with E-state index in [1.165, 1.54) is 53.8 Å². The number of fused-ring (bicyclic) bond motifs is 9. The first-order chi connectivity index (χ1) is 28.7. The lowest BCUT2D eigenvalue weighted by Gasteiger charge is -2.34. The van der Waals surface area contributed by atoms with Crippen LogP contribution in [0.5, 0.6) is 0 Å². The van der Waals surface area contributed by atoms with Crippen LogP contribution in [-0.4, -0.2) is 6.04 Å². The molecule has 2 aliphatic rings. The maximum atomic E-state index is 6.14. The van der Waals surface area contributed by atoms with E-state index >= 15 is 0 Å². The van der Waals surface area contributed by atoms with E-state index in [2.05, 4.69) is 204 Å². The minimum Gasteiger partial charge on any atom is -0.456 e. The van der Waals surface area contributed by atoms with Crippen molar-refractivity contribution in [3.05, 3.63) is 218 Å². The standard InChI is InChI=1S/C54H36N2OS/c1-2-10-39(11-3-1)56-49-15-7-4-12-43(49)44-29-28-42(34-50(44)56)55(40-24-18-35(19-25-40)37-22-30-52-47(32-37)45-13-5-8-16-51(45)57-52)41-26-20-36(21-27-41)38-23-31-54-48(33-38)46-14-6-9-17-53(46)58-54/h1-34,44,50H.